The van der Waals surface area contributed by atoms with Crippen molar-refractivity contribution in [2.45, 2.75) is 44.0 Å². The van der Waals surface area contributed by atoms with Gasteiger partial charge in [-0.25, -0.2) is 8.42 Å². The standard InChI is InChI=1S/C20H30N4O4S/c1-3-21-20(26)15(2)22-19(25)14-23-9-11-24(12-10-23)29(27,28)18-8-7-16-5-4-6-17(16)13-18/h7-8,13,15H,3-6,9-12,14H2,1-2H3,(H,21,26)(H,22,25)/t15-/m0/s1. The Kier molecular flexibility index (Phi) is 6.92. The van der Waals surface area contributed by atoms with Crippen LogP contribution in [0, 0.1) is 0 Å². The Balaban J connectivity index is 1.52. The maximum atomic E-state index is 13.0. The van der Waals surface area contributed by atoms with E-state index in [1.165, 1.54) is 9.87 Å². The molecule has 1 atom stereocenters. The first kappa shape index (κ1) is 21.7. The lowest BCUT2D eigenvalue weighted by Gasteiger charge is -2.33. The van der Waals surface area contributed by atoms with E-state index < -0.39 is 16.1 Å². The Hall–Kier alpha value is -1.97. The van der Waals surface area contributed by atoms with Crippen LogP contribution in [0.15, 0.2) is 23.1 Å². The highest BCUT2D eigenvalue weighted by Gasteiger charge is 2.30. The second kappa shape index (κ2) is 9.23. The number of likely N-dealkylation sites (N-methyl/N-ethyl adjacent to an activating group) is 1. The Morgan fingerprint density at radius 1 is 1.10 bits per heavy atom. The molecule has 160 valence electrons. The molecule has 0 radical (unpaired) electrons. The van der Waals surface area contributed by atoms with Gasteiger partial charge in [0.05, 0.1) is 11.4 Å². The summed E-state index contributed by atoms with van der Waals surface area (Å²) in [5.74, 6) is -0.454. The molecular formula is C20H30N4O4S. The molecule has 0 bridgehead atoms. The SMILES string of the molecule is CCNC(=O)[C@H](C)NC(=O)CN1CCN(S(=O)(=O)c2ccc3c(c2)CCC3)CC1. The zero-order chi connectivity index (χ0) is 21.0. The normalized spacial score (nSPS) is 18.8. The van der Waals surface area contributed by atoms with Crippen molar-refractivity contribution >= 4 is 21.8 Å². The van der Waals surface area contributed by atoms with Gasteiger partial charge in [0, 0.05) is 32.7 Å². The van der Waals surface area contributed by atoms with Gasteiger partial charge in [-0.05, 0) is 56.4 Å². The van der Waals surface area contributed by atoms with Gasteiger partial charge in [0.15, 0.2) is 0 Å². The topological polar surface area (TPSA) is 98.8 Å². The molecule has 1 aromatic rings. The van der Waals surface area contributed by atoms with Crippen molar-refractivity contribution in [1.82, 2.24) is 19.8 Å². The minimum absolute atomic E-state index is 0.149. The molecule has 0 unspecified atom stereocenters. The van der Waals surface area contributed by atoms with Crippen LogP contribution in [-0.2, 0) is 32.5 Å². The molecule has 0 aromatic heterocycles. The first-order chi connectivity index (χ1) is 13.8. The summed E-state index contributed by atoms with van der Waals surface area (Å²) >= 11 is 0. The van der Waals surface area contributed by atoms with Gasteiger partial charge in [-0.3, -0.25) is 14.5 Å². The third-order valence-electron chi connectivity index (χ3n) is 5.53. The van der Waals surface area contributed by atoms with Crippen LogP contribution in [0.25, 0.3) is 0 Å². The van der Waals surface area contributed by atoms with Crippen molar-refractivity contribution in [2.75, 3.05) is 39.3 Å². The molecule has 2 aliphatic rings. The van der Waals surface area contributed by atoms with Gasteiger partial charge in [0.25, 0.3) is 0 Å². The average molecular weight is 423 g/mol. The van der Waals surface area contributed by atoms with Crippen LogP contribution in [0.4, 0.5) is 0 Å². The van der Waals surface area contributed by atoms with Gasteiger partial charge < -0.3 is 10.6 Å². The molecule has 1 saturated heterocycles. The van der Waals surface area contributed by atoms with Crippen LogP contribution < -0.4 is 10.6 Å². The summed E-state index contributed by atoms with van der Waals surface area (Å²) in [6, 6.07) is 4.87. The number of sulfonamides is 1. The third kappa shape index (κ3) is 5.15. The van der Waals surface area contributed by atoms with Crippen LogP contribution >= 0.6 is 0 Å². The molecule has 2 amide bonds. The lowest BCUT2D eigenvalue weighted by molar-refractivity contribution is -0.129. The van der Waals surface area contributed by atoms with E-state index in [2.05, 4.69) is 10.6 Å². The molecule has 8 nitrogen and oxygen atoms in total. The number of carbonyl (C=O) groups excluding carboxylic acids is 2. The van der Waals surface area contributed by atoms with Crippen molar-refractivity contribution in [1.29, 1.82) is 0 Å². The van der Waals surface area contributed by atoms with E-state index in [0.29, 0.717) is 37.6 Å². The quantitative estimate of drug-likeness (QED) is 0.651. The highest BCUT2D eigenvalue weighted by atomic mass is 32.2. The van der Waals surface area contributed by atoms with Crippen molar-refractivity contribution in [3.63, 3.8) is 0 Å². The number of rotatable bonds is 7. The number of benzene rings is 1. The summed E-state index contributed by atoms with van der Waals surface area (Å²) in [4.78, 5) is 26.2. The number of aryl methyl sites for hydroxylation is 2. The number of nitrogens with zero attached hydrogens (tertiary/aromatic N) is 2. The van der Waals surface area contributed by atoms with E-state index in [9.17, 15) is 18.0 Å². The number of amides is 2. The number of nitrogens with one attached hydrogen (secondary N) is 2. The third-order valence-corrected chi connectivity index (χ3v) is 7.42. The van der Waals surface area contributed by atoms with Crippen molar-refractivity contribution in [3.05, 3.63) is 29.3 Å². The number of fused-ring (bicyclic) bond motifs is 1. The Morgan fingerprint density at radius 2 is 1.79 bits per heavy atom. The number of hydrogen-bond donors (Lipinski definition) is 2. The van der Waals surface area contributed by atoms with Gasteiger partial charge in [0.1, 0.15) is 6.04 Å². The first-order valence-electron chi connectivity index (χ1n) is 10.2. The molecule has 0 spiro atoms. The van der Waals surface area contributed by atoms with E-state index in [4.69, 9.17) is 0 Å². The second-order valence-corrected chi connectivity index (χ2v) is 9.59. The monoisotopic (exact) mass is 422 g/mol. The smallest absolute Gasteiger partial charge is 0.243 e. The number of carbonyl (C=O) groups is 2. The van der Waals surface area contributed by atoms with Crippen molar-refractivity contribution < 1.29 is 18.0 Å². The molecule has 9 heteroatoms. The molecule has 29 heavy (non-hydrogen) atoms. The van der Waals surface area contributed by atoms with Gasteiger partial charge in [-0.1, -0.05) is 6.07 Å². The molecule has 1 heterocycles. The average Bonchev–Trinajstić information content (AvgIpc) is 3.16. The minimum atomic E-state index is -3.52. The Labute approximate surface area is 172 Å². The van der Waals surface area contributed by atoms with E-state index >= 15 is 0 Å². The van der Waals surface area contributed by atoms with E-state index in [0.717, 1.165) is 24.8 Å². The molecular weight excluding hydrogens is 392 g/mol. The predicted octanol–water partition coefficient (Wildman–Crippen LogP) is 0.122. The zero-order valence-corrected chi connectivity index (χ0v) is 17.9. The Morgan fingerprint density at radius 3 is 2.48 bits per heavy atom. The summed E-state index contributed by atoms with van der Waals surface area (Å²) in [6.45, 7) is 5.78. The highest BCUT2D eigenvalue weighted by Crippen LogP contribution is 2.26. The Bertz CT molecular complexity index is 863. The van der Waals surface area contributed by atoms with Crippen LogP contribution in [0.2, 0.25) is 0 Å². The fourth-order valence-corrected chi connectivity index (χ4v) is 5.34. The number of hydrogen-bond acceptors (Lipinski definition) is 5. The summed E-state index contributed by atoms with van der Waals surface area (Å²) in [5.41, 5.74) is 2.39. The highest BCUT2D eigenvalue weighted by molar-refractivity contribution is 7.89. The lowest BCUT2D eigenvalue weighted by Crippen LogP contribution is -2.53. The fourth-order valence-electron chi connectivity index (χ4n) is 3.87. The van der Waals surface area contributed by atoms with Crippen molar-refractivity contribution in [3.8, 4) is 0 Å². The fraction of sp³-hybridized carbons (Fsp3) is 0.600. The lowest BCUT2D eigenvalue weighted by atomic mass is 10.1. The summed E-state index contributed by atoms with van der Waals surface area (Å²) < 4.78 is 27.5. The van der Waals surface area contributed by atoms with Gasteiger partial charge in [-0.2, -0.15) is 4.31 Å². The summed E-state index contributed by atoms with van der Waals surface area (Å²) in [6.07, 6.45) is 3.05. The number of piperazine rings is 1. The first-order valence-corrected chi connectivity index (χ1v) is 11.7. The summed E-state index contributed by atoms with van der Waals surface area (Å²) in [7, 11) is -3.52. The van der Waals surface area contributed by atoms with Crippen LogP contribution in [0.3, 0.4) is 0 Å². The summed E-state index contributed by atoms with van der Waals surface area (Å²) in [5, 5.41) is 5.35. The zero-order valence-electron chi connectivity index (χ0n) is 17.1. The molecule has 0 saturated carbocycles. The molecule has 3 rings (SSSR count). The van der Waals surface area contributed by atoms with Gasteiger partial charge in [0.2, 0.25) is 21.8 Å². The molecule has 1 aliphatic heterocycles. The van der Waals surface area contributed by atoms with E-state index in [1.807, 2.05) is 24.0 Å². The van der Waals surface area contributed by atoms with Crippen LogP contribution in [0.1, 0.15) is 31.4 Å². The maximum absolute atomic E-state index is 13.0. The second-order valence-electron chi connectivity index (χ2n) is 7.65. The molecule has 1 aliphatic carbocycles. The van der Waals surface area contributed by atoms with Gasteiger partial charge >= 0.3 is 0 Å². The van der Waals surface area contributed by atoms with Gasteiger partial charge in [-0.15, -0.1) is 0 Å². The predicted molar refractivity (Wildman–Crippen MR) is 110 cm³/mol. The van der Waals surface area contributed by atoms with Crippen molar-refractivity contribution in [2.24, 2.45) is 0 Å². The maximum Gasteiger partial charge on any atom is 0.243 e. The van der Waals surface area contributed by atoms with E-state index in [-0.39, 0.29) is 18.4 Å². The minimum Gasteiger partial charge on any atom is -0.355 e. The van der Waals surface area contributed by atoms with Crippen LogP contribution in [0.5, 0.6) is 0 Å². The largest absolute Gasteiger partial charge is 0.355 e. The van der Waals surface area contributed by atoms with E-state index in [1.54, 1.807) is 13.0 Å². The molecule has 1 aromatic carbocycles. The molecule has 2 N–H and O–H groups in total. The van der Waals surface area contributed by atoms with Crippen LogP contribution in [-0.4, -0.2) is 74.7 Å². The molecule has 1 fully saturated rings.